The molecule has 0 saturated heterocycles. The summed E-state index contributed by atoms with van der Waals surface area (Å²) >= 11 is 3.21. The SMILES string of the molecule is O=S(=O)(Nc1cccc(OC(F)F)c1)c1ccc(Br)cc1. The first-order valence-corrected chi connectivity index (χ1v) is 7.98. The molecule has 0 aliphatic heterocycles. The predicted octanol–water partition coefficient (Wildman–Crippen LogP) is 3.85. The minimum Gasteiger partial charge on any atom is -0.435 e. The fourth-order valence-electron chi connectivity index (χ4n) is 1.56. The molecule has 0 bridgehead atoms. The van der Waals surface area contributed by atoms with E-state index in [1.807, 2.05) is 0 Å². The van der Waals surface area contributed by atoms with Crippen LogP contribution >= 0.6 is 15.9 Å². The lowest BCUT2D eigenvalue weighted by Crippen LogP contribution is -2.13. The Kier molecular flexibility index (Phi) is 4.79. The zero-order valence-corrected chi connectivity index (χ0v) is 12.9. The van der Waals surface area contributed by atoms with E-state index >= 15 is 0 Å². The molecular formula is C13H10BrF2NO3S. The molecule has 0 saturated carbocycles. The Labute approximate surface area is 128 Å². The van der Waals surface area contributed by atoms with E-state index in [0.29, 0.717) is 0 Å². The van der Waals surface area contributed by atoms with Crippen LogP contribution in [-0.2, 0) is 10.0 Å². The second-order valence-corrected chi connectivity index (χ2v) is 6.56. The summed E-state index contributed by atoms with van der Waals surface area (Å²) in [7, 11) is -3.79. The first-order valence-electron chi connectivity index (χ1n) is 5.70. The summed E-state index contributed by atoms with van der Waals surface area (Å²) in [6, 6.07) is 11.4. The molecule has 0 aliphatic rings. The van der Waals surface area contributed by atoms with Gasteiger partial charge in [-0.15, -0.1) is 0 Å². The largest absolute Gasteiger partial charge is 0.435 e. The van der Waals surface area contributed by atoms with Gasteiger partial charge in [0, 0.05) is 10.5 Å². The number of benzene rings is 2. The Morgan fingerprint density at radius 1 is 1.10 bits per heavy atom. The van der Waals surface area contributed by atoms with Gasteiger partial charge in [0.2, 0.25) is 0 Å². The molecule has 4 nitrogen and oxygen atoms in total. The van der Waals surface area contributed by atoms with Gasteiger partial charge in [-0.25, -0.2) is 8.42 Å². The summed E-state index contributed by atoms with van der Waals surface area (Å²) in [5.41, 5.74) is 0.135. The summed E-state index contributed by atoms with van der Waals surface area (Å²) in [5, 5.41) is 0. The van der Waals surface area contributed by atoms with Gasteiger partial charge in [0.1, 0.15) is 5.75 Å². The number of sulfonamides is 1. The highest BCUT2D eigenvalue weighted by molar-refractivity contribution is 9.10. The van der Waals surface area contributed by atoms with E-state index in [0.717, 1.165) is 4.47 Å². The lowest BCUT2D eigenvalue weighted by atomic mass is 10.3. The van der Waals surface area contributed by atoms with Crippen molar-refractivity contribution in [2.45, 2.75) is 11.5 Å². The number of anilines is 1. The number of rotatable bonds is 5. The van der Waals surface area contributed by atoms with Crippen molar-refractivity contribution in [3.05, 3.63) is 53.0 Å². The lowest BCUT2D eigenvalue weighted by molar-refractivity contribution is -0.0497. The van der Waals surface area contributed by atoms with Crippen LogP contribution in [-0.4, -0.2) is 15.0 Å². The normalized spacial score (nSPS) is 11.4. The molecule has 8 heteroatoms. The number of hydrogen-bond donors (Lipinski definition) is 1. The van der Waals surface area contributed by atoms with Crippen LogP contribution in [0.25, 0.3) is 0 Å². The van der Waals surface area contributed by atoms with Gasteiger partial charge in [-0.2, -0.15) is 8.78 Å². The number of nitrogens with one attached hydrogen (secondary N) is 1. The molecule has 0 spiro atoms. The number of alkyl halides is 2. The van der Waals surface area contributed by atoms with Crippen molar-refractivity contribution < 1.29 is 21.9 Å². The Balaban J connectivity index is 2.22. The van der Waals surface area contributed by atoms with Gasteiger partial charge in [0.05, 0.1) is 10.6 Å². The van der Waals surface area contributed by atoms with E-state index in [2.05, 4.69) is 25.4 Å². The van der Waals surface area contributed by atoms with Crippen LogP contribution in [0, 0.1) is 0 Å². The highest BCUT2D eigenvalue weighted by atomic mass is 79.9. The van der Waals surface area contributed by atoms with Crippen molar-refractivity contribution in [2.24, 2.45) is 0 Å². The van der Waals surface area contributed by atoms with Crippen molar-refractivity contribution in [1.82, 2.24) is 0 Å². The fourth-order valence-corrected chi connectivity index (χ4v) is 2.88. The minimum atomic E-state index is -3.79. The van der Waals surface area contributed by atoms with Crippen LogP contribution < -0.4 is 9.46 Å². The minimum absolute atomic E-state index is 0.0610. The number of halogens is 3. The molecule has 0 aliphatic carbocycles. The Morgan fingerprint density at radius 3 is 2.38 bits per heavy atom. The van der Waals surface area contributed by atoms with Crippen LogP contribution in [0.15, 0.2) is 57.9 Å². The smallest absolute Gasteiger partial charge is 0.387 e. The van der Waals surface area contributed by atoms with Crippen molar-refractivity contribution in [3.63, 3.8) is 0 Å². The van der Waals surface area contributed by atoms with Gasteiger partial charge in [-0.05, 0) is 36.4 Å². The summed E-state index contributed by atoms with van der Waals surface area (Å²) < 4.78 is 55.8. The molecule has 0 atom stereocenters. The zero-order valence-electron chi connectivity index (χ0n) is 10.5. The van der Waals surface area contributed by atoms with Gasteiger partial charge >= 0.3 is 6.61 Å². The Bertz CT molecular complexity index is 720. The molecule has 21 heavy (non-hydrogen) atoms. The van der Waals surface area contributed by atoms with Gasteiger partial charge in [0.25, 0.3) is 10.0 Å². The van der Waals surface area contributed by atoms with E-state index in [4.69, 9.17) is 0 Å². The molecule has 0 radical (unpaired) electrons. The van der Waals surface area contributed by atoms with Gasteiger partial charge in [-0.1, -0.05) is 22.0 Å². The molecule has 0 amide bonds. The molecule has 112 valence electrons. The Morgan fingerprint density at radius 2 is 1.76 bits per heavy atom. The number of ether oxygens (including phenoxy) is 1. The first kappa shape index (κ1) is 15.7. The maximum absolute atomic E-state index is 12.1. The van der Waals surface area contributed by atoms with Crippen LogP contribution in [0.4, 0.5) is 14.5 Å². The van der Waals surface area contributed by atoms with E-state index in [1.54, 1.807) is 12.1 Å². The van der Waals surface area contributed by atoms with Gasteiger partial charge < -0.3 is 4.74 Å². The third-order valence-electron chi connectivity index (χ3n) is 2.44. The predicted molar refractivity (Wildman–Crippen MR) is 78.0 cm³/mol. The van der Waals surface area contributed by atoms with Gasteiger partial charge in [0.15, 0.2) is 0 Å². The number of hydrogen-bond acceptors (Lipinski definition) is 3. The molecule has 0 fully saturated rings. The Hall–Kier alpha value is -1.67. The van der Waals surface area contributed by atoms with Crippen LogP contribution in [0.1, 0.15) is 0 Å². The van der Waals surface area contributed by atoms with E-state index in [9.17, 15) is 17.2 Å². The first-order chi connectivity index (χ1) is 9.87. The average Bonchev–Trinajstić information content (AvgIpc) is 2.38. The van der Waals surface area contributed by atoms with Crippen LogP contribution in [0.5, 0.6) is 5.75 Å². The van der Waals surface area contributed by atoms with Gasteiger partial charge in [-0.3, -0.25) is 4.72 Å². The van der Waals surface area contributed by atoms with Crippen LogP contribution in [0.3, 0.4) is 0 Å². The average molecular weight is 378 g/mol. The quantitative estimate of drug-likeness (QED) is 0.860. The second-order valence-electron chi connectivity index (χ2n) is 3.97. The highest BCUT2D eigenvalue weighted by Gasteiger charge is 2.14. The molecule has 0 heterocycles. The third kappa shape index (κ3) is 4.40. The summed E-state index contributed by atoms with van der Waals surface area (Å²) in [6.45, 7) is -2.97. The van der Waals surface area contributed by atoms with E-state index in [-0.39, 0.29) is 16.3 Å². The van der Waals surface area contributed by atoms with E-state index < -0.39 is 16.6 Å². The molecule has 2 rings (SSSR count). The maximum atomic E-state index is 12.1. The molecular weight excluding hydrogens is 368 g/mol. The molecule has 0 aromatic heterocycles. The topological polar surface area (TPSA) is 55.4 Å². The monoisotopic (exact) mass is 377 g/mol. The lowest BCUT2D eigenvalue weighted by Gasteiger charge is -2.10. The summed E-state index contributed by atoms with van der Waals surface area (Å²) in [5.74, 6) is -0.124. The van der Waals surface area contributed by atoms with Crippen molar-refractivity contribution in [3.8, 4) is 5.75 Å². The van der Waals surface area contributed by atoms with Crippen molar-refractivity contribution in [1.29, 1.82) is 0 Å². The highest BCUT2D eigenvalue weighted by Crippen LogP contribution is 2.22. The maximum Gasteiger partial charge on any atom is 0.387 e. The summed E-state index contributed by atoms with van der Waals surface area (Å²) in [4.78, 5) is 0.0610. The zero-order chi connectivity index (χ0) is 15.5. The summed E-state index contributed by atoms with van der Waals surface area (Å²) in [6.07, 6.45) is 0. The molecule has 1 N–H and O–H groups in total. The van der Waals surface area contributed by atoms with Crippen molar-refractivity contribution >= 4 is 31.6 Å². The molecule has 0 unspecified atom stereocenters. The van der Waals surface area contributed by atoms with Crippen molar-refractivity contribution in [2.75, 3.05) is 4.72 Å². The molecule has 2 aromatic rings. The standard InChI is InChI=1S/C13H10BrF2NO3S/c14-9-4-6-12(7-5-9)21(18,19)17-10-2-1-3-11(8-10)20-13(15)16/h1-8,13,17H. The second kappa shape index (κ2) is 6.40. The van der Waals surface area contributed by atoms with E-state index in [1.165, 1.54) is 36.4 Å². The third-order valence-corrected chi connectivity index (χ3v) is 4.36. The van der Waals surface area contributed by atoms with Crippen LogP contribution in [0.2, 0.25) is 0 Å². The molecule has 2 aromatic carbocycles. The fraction of sp³-hybridized carbons (Fsp3) is 0.0769.